The Morgan fingerprint density at radius 1 is 1.43 bits per heavy atom. The van der Waals surface area contributed by atoms with Crippen LogP contribution in [0.5, 0.6) is 0 Å². The molecule has 1 unspecified atom stereocenters. The van der Waals surface area contributed by atoms with Gasteiger partial charge in [0.05, 0.1) is 5.56 Å². The average molecular weight is 289 g/mol. The van der Waals surface area contributed by atoms with Crippen LogP contribution < -0.4 is 5.32 Å². The first-order chi connectivity index (χ1) is 9.93. The molecule has 1 aromatic heterocycles. The van der Waals surface area contributed by atoms with Crippen molar-refractivity contribution in [2.75, 3.05) is 27.2 Å². The first-order valence-electron chi connectivity index (χ1n) is 6.94. The molecule has 2 N–H and O–H groups in total. The number of hydrogen-bond donors (Lipinski definition) is 2. The van der Waals surface area contributed by atoms with Crippen molar-refractivity contribution in [1.82, 2.24) is 15.2 Å². The van der Waals surface area contributed by atoms with Crippen LogP contribution in [0.2, 0.25) is 0 Å². The van der Waals surface area contributed by atoms with Crippen LogP contribution in [0.1, 0.15) is 29.8 Å². The predicted octanol–water partition coefficient (Wildman–Crippen LogP) is 0.741. The van der Waals surface area contributed by atoms with Crippen molar-refractivity contribution in [3.8, 4) is 11.8 Å². The molecule has 1 aromatic rings. The maximum absolute atomic E-state index is 12.3. The van der Waals surface area contributed by atoms with Crippen molar-refractivity contribution >= 4 is 5.91 Å². The molecule has 21 heavy (non-hydrogen) atoms. The Bertz CT molecular complexity index is 530. The Labute approximate surface area is 126 Å². The topological polar surface area (TPSA) is 65.5 Å². The van der Waals surface area contributed by atoms with E-state index in [9.17, 15) is 4.79 Å². The van der Waals surface area contributed by atoms with Gasteiger partial charge in [0, 0.05) is 30.5 Å². The molecule has 0 aromatic carbocycles. The fraction of sp³-hybridized carbons (Fsp3) is 0.500. The van der Waals surface area contributed by atoms with Crippen molar-refractivity contribution in [3.05, 3.63) is 29.6 Å². The van der Waals surface area contributed by atoms with Gasteiger partial charge >= 0.3 is 0 Å². The summed E-state index contributed by atoms with van der Waals surface area (Å²) < 4.78 is 0. The van der Waals surface area contributed by atoms with E-state index >= 15 is 0 Å². The van der Waals surface area contributed by atoms with Gasteiger partial charge in [-0.1, -0.05) is 25.7 Å². The maximum Gasteiger partial charge on any atom is 0.253 e. The lowest BCUT2D eigenvalue weighted by molar-refractivity contribution is 0.0916. The van der Waals surface area contributed by atoms with Gasteiger partial charge in [0.25, 0.3) is 5.91 Å². The second kappa shape index (κ2) is 8.40. The number of rotatable bonds is 5. The molecule has 0 spiro atoms. The first-order valence-corrected chi connectivity index (χ1v) is 6.94. The van der Waals surface area contributed by atoms with Crippen LogP contribution in [0.25, 0.3) is 0 Å². The molecule has 0 fully saturated rings. The average Bonchev–Trinajstić information content (AvgIpc) is 2.44. The zero-order valence-electron chi connectivity index (χ0n) is 13.1. The Morgan fingerprint density at radius 2 is 2.14 bits per heavy atom. The summed E-state index contributed by atoms with van der Waals surface area (Å²) >= 11 is 0. The molecular weight excluding hydrogens is 266 g/mol. The summed E-state index contributed by atoms with van der Waals surface area (Å²) in [6.07, 6.45) is 3.09. The third-order valence-corrected chi connectivity index (χ3v) is 3.00. The number of aromatic nitrogens is 1. The Morgan fingerprint density at radius 3 is 2.71 bits per heavy atom. The highest BCUT2D eigenvalue weighted by Crippen LogP contribution is 2.06. The number of carbonyl (C=O) groups is 1. The van der Waals surface area contributed by atoms with E-state index in [1.165, 1.54) is 6.20 Å². The van der Waals surface area contributed by atoms with Crippen molar-refractivity contribution in [1.29, 1.82) is 0 Å². The number of carbonyl (C=O) groups excluding carboxylic acids is 1. The Kier molecular flexibility index (Phi) is 6.86. The third kappa shape index (κ3) is 5.94. The van der Waals surface area contributed by atoms with Gasteiger partial charge < -0.3 is 15.3 Å². The van der Waals surface area contributed by atoms with Gasteiger partial charge in [0.1, 0.15) is 6.61 Å². The van der Waals surface area contributed by atoms with Gasteiger partial charge in [0.15, 0.2) is 0 Å². The summed E-state index contributed by atoms with van der Waals surface area (Å²) in [6.45, 7) is 4.72. The van der Waals surface area contributed by atoms with Gasteiger partial charge in [-0.2, -0.15) is 0 Å². The molecule has 0 aliphatic carbocycles. The normalized spacial score (nSPS) is 12.0. The molecule has 0 bridgehead atoms. The smallest absolute Gasteiger partial charge is 0.253 e. The second-order valence-electron chi connectivity index (χ2n) is 5.51. The molecule has 0 radical (unpaired) electrons. The van der Waals surface area contributed by atoms with E-state index in [0.717, 1.165) is 6.54 Å². The van der Waals surface area contributed by atoms with Crippen LogP contribution in [0.4, 0.5) is 0 Å². The van der Waals surface area contributed by atoms with Gasteiger partial charge in [-0.25, -0.2) is 0 Å². The molecule has 5 nitrogen and oxygen atoms in total. The minimum Gasteiger partial charge on any atom is -0.384 e. The molecule has 1 rings (SSSR count). The summed E-state index contributed by atoms with van der Waals surface area (Å²) in [7, 11) is 3.96. The summed E-state index contributed by atoms with van der Waals surface area (Å²) in [5, 5.41) is 11.7. The minimum absolute atomic E-state index is 0.0692. The van der Waals surface area contributed by atoms with E-state index in [1.54, 1.807) is 12.3 Å². The molecule has 0 aliphatic rings. The molecular formula is C16H23N3O2. The Hall–Kier alpha value is -1.90. The second-order valence-corrected chi connectivity index (χ2v) is 5.51. The van der Waals surface area contributed by atoms with E-state index in [0.29, 0.717) is 17.0 Å². The molecule has 0 aliphatic heterocycles. The van der Waals surface area contributed by atoms with Gasteiger partial charge in [0.2, 0.25) is 0 Å². The van der Waals surface area contributed by atoms with Crippen molar-refractivity contribution in [2.45, 2.75) is 19.9 Å². The van der Waals surface area contributed by atoms with Crippen LogP contribution in [0.15, 0.2) is 18.5 Å². The third-order valence-electron chi connectivity index (χ3n) is 3.00. The van der Waals surface area contributed by atoms with E-state index in [2.05, 4.69) is 36.0 Å². The summed E-state index contributed by atoms with van der Waals surface area (Å²) in [5.74, 6) is 5.47. The molecule has 5 heteroatoms. The van der Waals surface area contributed by atoms with E-state index in [4.69, 9.17) is 5.11 Å². The number of aliphatic hydroxyl groups is 1. The fourth-order valence-corrected chi connectivity index (χ4v) is 1.84. The summed E-state index contributed by atoms with van der Waals surface area (Å²) in [6, 6.07) is 1.75. The highest BCUT2D eigenvalue weighted by atomic mass is 16.2. The van der Waals surface area contributed by atoms with Crippen molar-refractivity contribution in [2.24, 2.45) is 5.92 Å². The highest BCUT2D eigenvalue weighted by Gasteiger charge is 2.18. The first kappa shape index (κ1) is 17.2. The maximum atomic E-state index is 12.3. The summed E-state index contributed by atoms with van der Waals surface area (Å²) in [5.41, 5.74) is 1.09. The fourth-order valence-electron chi connectivity index (χ4n) is 1.84. The lowest BCUT2D eigenvalue weighted by Crippen LogP contribution is -2.45. The van der Waals surface area contributed by atoms with Gasteiger partial charge in [-0.15, -0.1) is 0 Å². The largest absolute Gasteiger partial charge is 0.384 e. The van der Waals surface area contributed by atoms with Crippen molar-refractivity contribution < 1.29 is 9.90 Å². The van der Waals surface area contributed by atoms with E-state index < -0.39 is 0 Å². The molecule has 0 saturated heterocycles. The van der Waals surface area contributed by atoms with Crippen LogP contribution in [0.3, 0.4) is 0 Å². The zero-order chi connectivity index (χ0) is 15.8. The molecule has 0 saturated carbocycles. The standard InChI is InChI=1S/C16H23N3O2/c1-12(2)15(11-19(3)4)18-16(21)14-8-13(6-5-7-20)9-17-10-14/h8-10,12,15,20H,7,11H2,1-4H3,(H,18,21). The monoisotopic (exact) mass is 289 g/mol. The highest BCUT2D eigenvalue weighted by molar-refractivity contribution is 5.94. The number of nitrogens with one attached hydrogen (secondary N) is 1. The number of nitrogens with zero attached hydrogens (tertiary/aromatic N) is 2. The summed E-state index contributed by atoms with van der Waals surface area (Å²) in [4.78, 5) is 18.4. The molecule has 1 atom stereocenters. The molecule has 1 amide bonds. The van der Waals surface area contributed by atoms with Crippen LogP contribution in [-0.2, 0) is 0 Å². The number of amides is 1. The zero-order valence-corrected chi connectivity index (χ0v) is 13.1. The quantitative estimate of drug-likeness (QED) is 0.785. The van der Waals surface area contributed by atoms with Gasteiger partial charge in [-0.3, -0.25) is 9.78 Å². The Balaban J connectivity index is 2.82. The van der Waals surface area contributed by atoms with E-state index in [-0.39, 0.29) is 18.6 Å². The van der Waals surface area contributed by atoms with Crippen LogP contribution >= 0.6 is 0 Å². The number of aliphatic hydroxyl groups excluding tert-OH is 1. The van der Waals surface area contributed by atoms with Crippen LogP contribution in [0, 0.1) is 17.8 Å². The number of hydrogen-bond acceptors (Lipinski definition) is 4. The SMILES string of the molecule is CC(C)C(CN(C)C)NC(=O)c1cncc(C#CCO)c1. The lowest BCUT2D eigenvalue weighted by Gasteiger charge is -2.25. The molecule has 1 heterocycles. The number of pyridine rings is 1. The van der Waals surface area contributed by atoms with Gasteiger partial charge in [-0.05, 0) is 26.1 Å². The molecule has 114 valence electrons. The lowest BCUT2D eigenvalue weighted by atomic mass is 10.0. The van der Waals surface area contributed by atoms with Crippen molar-refractivity contribution in [3.63, 3.8) is 0 Å². The van der Waals surface area contributed by atoms with Crippen LogP contribution in [-0.4, -0.2) is 54.2 Å². The predicted molar refractivity (Wildman–Crippen MR) is 82.8 cm³/mol. The van der Waals surface area contributed by atoms with E-state index in [1.807, 2.05) is 19.0 Å². The minimum atomic E-state index is -0.214. The number of likely N-dealkylation sites (N-methyl/N-ethyl adjacent to an activating group) is 1.